The normalized spacial score (nSPS) is 11.4. The summed E-state index contributed by atoms with van der Waals surface area (Å²) in [4.78, 5) is 4.58. The molecule has 98 valence electrons. The van der Waals surface area contributed by atoms with Gasteiger partial charge in [0.15, 0.2) is 0 Å². The van der Waals surface area contributed by atoms with Crippen LogP contribution in [-0.2, 0) is 14.1 Å². The van der Waals surface area contributed by atoms with E-state index in [4.69, 9.17) is 0 Å². The Morgan fingerprint density at radius 2 is 1.89 bits per heavy atom. The van der Waals surface area contributed by atoms with E-state index in [2.05, 4.69) is 48.8 Å². The van der Waals surface area contributed by atoms with Crippen LogP contribution in [0, 0.1) is 13.8 Å². The van der Waals surface area contributed by atoms with Crippen molar-refractivity contribution in [3.05, 3.63) is 34.2 Å². The zero-order valence-electron chi connectivity index (χ0n) is 11.4. The van der Waals surface area contributed by atoms with E-state index in [0.29, 0.717) is 0 Å². The summed E-state index contributed by atoms with van der Waals surface area (Å²) < 4.78 is 5.04. The summed E-state index contributed by atoms with van der Waals surface area (Å²) in [7, 11) is 4.00. The smallest absolute Gasteiger partial charge is 0.106 e. The number of hydrogen-bond acceptors (Lipinski definition) is 2. The van der Waals surface area contributed by atoms with Gasteiger partial charge in [-0.2, -0.15) is 5.10 Å². The maximum atomic E-state index is 4.58. The van der Waals surface area contributed by atoms with Crippen LogP contribution < -0.4 is 0 Å². The average Bonchev–Trinajstić information content (AvgIpc) is 2.78. The minimum absolute atomic E-state index is 0.995. The molecule has 2 heterocycles. The van der Waals surface area contributed by atoms with Gasteiger partial charge < -0.3 is 4.57 Å². The largest absolute Gasteiger partial charge is 0.331 e. The molecule has 0 unspecified atom stereocenters. The van der Waals surface area contributed by atoms with E-state index in [9.17, 15) is 0 Å². The van der Waals surface area contributed by atoms with Crippen LogP contribution in [0.1, 0.15) is 11.5 Å². The van der Waals surface area contributed by atoms with Gasteiger partial charge in [0.05, 0.1) is 26.9 Å². The third-order valence-electron chi connectivity index (χ3n) is 3.53. The van der Waals surface area contributed by atoms with Gasteiger partial charge in [-0.15, -0.1) is 0 Å². The summed E-state index contributed by atoms with van der Waals surface area (Å²) in [6.07, 6.45) is 0. The van der Waals surface area contributed by atoms with Crippen molar-refractivity contribution >= 4 is 27.0 Å². The molecule has 0 amide bonds. The number of rotatable bonds is 1. The average molecular weight is 319 g/mol. The van der Waals surface area contributed by atoms with Gasteiger partial charge in [0.25, 0.3) is 0 Å². The highest BCUT2D eigenvalue weighted by molar-refractivity contribution is 9.10. The van der Waals surface area contributed by atoms with Gasteiger partial charge in [0, 0.05) is 19.7 Å². The fourth-order valence-electron chi connectivity index (χ4n) is 2.41. The van der Waals surface area contributed by atoms with Gasteiger partial charge in [0.1, 0.15) is 5.82 Å². The number of aryl methyl sites for hydroxylation is 4. The Morgan fingerprint density at radius 3 is 2.53 bits per heavy atom. The lowest BCUT2D eigenvalue weighted by Crippen LogP contribution is -1.94. The molecule has 0 atom stereocenters. The quantitative estimate of drug-likeness (QED) is 0.689. The van der Waals surface area contributed by atoms with Gasteiger partial charge in [-0.05, 0) is 41.9 Å². The highest BCUT2D eigenvalue weighted by atomic mass is 79.9. The second-order valence-corrected chi connectivity index (χ2v) is 5.59. The number of fused-ring (bicyclic) bond motifs is 1. The molecule has 0 aliphatic carbocycles. The highest BCUT2D eigenvalue weighted by Gasteiger charge is 2.14. The standard InChI is InChI=1S/C14H15BrN4/c1-8-13(15)14(19(4)17-8)10-5-6-12-11(7-10)16-9(2)18(12)3/h5-7H,1-4H3. The van der Waals surface area contributed by atoms with Crippen molar-refractivity contribution in [1.82, 2.24) is 19.3 Å². The van der Waals surface area contributed by atoms with E-state index >= 15 is 0 Å². The van der Waals surface area contributed by atoms with Gasteiger partial charge in [-0.1, -0.05) is 6.07 Å². The summed E-state index contributed by atoms with van der Waals surface area (Å²) in [5.41, 5.74) is 5.37. The van der Waals surface area contributed by atoms with Crippen molar-refractivity contribution in [3.63, 3.8) is 0 Å². The minimum Gasteiger partial charge on any atom is -0.331 e. The summed E-state index contributed by atoms with van der Waals surface area (Å²) in [5.74, 6) is 1.02. The molecule has 0 radical (unpaired) electrons. The number of nitrogens with zero attached hydrogens (tertiary/aromatic N) is 4. The van der Waals surface area contributed by atoms with Crippen molar-refractivity contribution in [2.45, 2.75) is 13.8 Å². The number of benzene rings is 1. The molecular weight excluding hydrogens is 304 g/mol. The first-order valence-electron chi connectivity index (χ1n) is 6.11. The molecule has 0 spiro atoms. The van der Waals surface area contributed by atoms with E-state index in [-0.39, 0.29) is 0 Å². The molecule has 0 aliphatic rings. The molecule has 0 saturated carbocycles. The monoisotopic (exact) mass is 318 g/mol. The Hall–Kier alpha value is -1.62. The second kappa shape index (κ2) is 4.20. The van der Waals surface area contributed by atoms with Crippen LogP contribution in [0.2, 0.25) is 0 Å². The molecule has 0 aliphatic heterocycles. The van der Waals surface area contributed by atoms with Crippen LogP contribution in [0.3, 0.4) is 0 Å². The predicted molar refractivity (Wildman–Crippen MR) is 80.1 cm³/mol. The van der Waals surface area contributed by atoms with Gasteiger partial charge >= 0.3 is 0 Å². The van der Waals surface area contributed by atoms with Crippen LogP contribution in [0.5, 0.6) is 0 Å². The molecular formula is C14H15BrN4. The number of halogens is 1. The number of hydrogen-bond donors (Lipinski definition) is 0. The molecule has 4 nitrogen and oxygen atoms in total. The van der Waals surface area contributed by atoms with Crippen molar-refractivity contribution in [3.8, 4) is 11.3 Å². The lowest BCUT2D eigenvalue weighted by Gasteiger charge is -2.04. The third-order valence-corrected chi connectivity index (χ3v) is 4.48. The summed E-state index contributed by atoms with van der Waals surface area (Å²) in [6, 6.07) is 6.34. The van der Waals surface area contributed by atoms with Gasteiger partial charge in [0.2, 0.25) is 0 Å². The number of aromatic nitrogens is 4. The van der Waals surface area contributed by atoms with Crippen LogP contribution in [-0.4, -0.2) is 19.3 Å². The predicted octanol–water partition coefficient (Wildman–Crippen LogP) is 3.35. The van der Waals surface area contributed by atoms with Crippen LogP contribution >= 0.6 is 15.9 Å². The molecule has 3 rings (SSSR count). The zero-order chi connectivity index (χ0) is 13.7. The van der Waals surface area contributed by atoms with Crippen LogP contribution in [0.4, 0.5) is 0 Å². The molecule has 0 bridgehead atoms. The molecule has 1 aromatic carbocycles. The third kappa shape index (κ3) is 1.80. The van der Waals surface area contributed by atoms with E-state index in [0.717, 1.165) is 38.3 Å². The van der Waals surface area contributed by atoms with Crippen molar-refractivity contribution in [2.75, 3.05) is 0 Å². The summed E-state index contributed by atoms with van der Waals surface area (Å²) >= 11 is 3.61. The van der Waals surface area contributed by atoms with Crippen molar-refractivity contribution in [1.29, 1.82) is 0 Å². The lowest BCUT2D eigenvalue weighted by molar-refractivity contribution is 0.764. The molecule has 2 aromatic heterocycles. The first-order valence-corrected chi connectivity index (χ1v) is 6.91. The maximum absolute atomic E-state index is 4.58. The Bertz CT molecular complexity index is 782. The maximum Gasteiger partial charge on any atom is 0.106 e. The molecule has 0 saturated heterocycles. The zero-order valence-corrected chi connectivity index (χ0v) is 13.0. The van der Waals surface area contributed by atoms with E-state index in [1.165, 1.54) is 0 Å². The summed E-state index contributed by atoms with van der Waals surface area (Å²) in [6.45, 7) is 4.01. The van der Waals surface area contributed by atoms with E-state index < -0.39 is 0 Å². The van der Waals surface area contributed by atoms with Gasteiger partial charge in [-0.3, -0.25) is 4.68 Å². The molecule has 0 N–H and O–H groups in total. The Balaban J connectivity index is 2.26. The first-order chi connectivity index (χ1) is 8.99. The first kappa shape index (κ1) is 12.4. The Labute approximate surface area is 120 Å². The van der Waals surface area contributed by atoms with E-state index in [1.807, 2.05) is 32.6 Å². The lowest BCUT2D eigenvalue weighted by atomic mass is 10.1. The van der Waals surface area contributed by atoms with Crippen molar-refractivity contribution in [2.24, 2.45) is 14.1 Å². The molecule has 5 heteroatoms. The topological polar surface area (TPSA) is 35.6 Å². The SMILES string of the molecule is Cc1nn(C)c(-c2ccc3c(c2)nc(C)n3C)c1Br. The minimum atomic E-state index is 0.995. The molecule has 0 fully saturated rings. The van der Waals surface area contributed by atoms with Crippen LogP contribution in [0.15, 0.2) is 22.7 Å². The van der Waals surface area contributed by atoms with Gasteiger partial charge in [-0.25, -0.2) is 4.98 Å². The molecule has 19 heavy (non-hydrogen) atoms. The fraction of sp³-hybridized carbons (Fsp3) is 0.286. The fourth-order valence-corrected chi connectivity index (χ4v) is 2.98. The molecule has 3 aromatic rings. The van der Waals surface area contributed by atoms with Crippen LogP contribution in [0.25, 0.3) is 22.3 Å². The Morgan fingerprint density at radius 1 is 1.16 bits per heavy atom. The second-order valence-electron chi connectivity index (χ2n) is 4.79. The van der Waals surface area contributed by atoms with Crippen molar-refractivity contribution < 1.29 is 0 Å². The number of imidazole rings is 1. The Kier molecular flexibility index (Phi) is 2.74. The summed E-state index contributed by atoms with van der Waals surface area (Å²) in [5, 5.41) is 4.43. The highest BCUT2D eigenvalue weighted by Crippen LogP contribution is 2.32. The van der Waals surface area contributed by atoms with E-state index in [1.54, 1.807) is 0 Å².